The van der Waals surface area contributed by atoms with Crippen LogP contribution in [0.2, 0.25) is 0 Å². The van der Waals surface area contributed by atoms with Gasteiger partial charge < -0.3 is 24.1 Å². The molecule has 0 bridgehead atoms. The van der Waals surface area contributed by atoms with Crippen LogP contribution in [0.4, 0.5) is 0 Å². The van der Waals surface area contributed by atoms with Gasteiger partial charge in [-0.25, -0.2) is 0 Å². The number of nitrogens with one attached hydrogen (secondary N) is 1. The zero-order chi connectivity index (χ0) is 22.0. The van der Waals surface area contributed by atoms with Crippen LogP contribution in [0, 0.1) is 0 Å². The van der Waals surface area contributed by atoms with E-state index in [1.54, 1.807) is 31.3 Å². The first kappa shape index (κ1) is 20.5. The van der Waals surface area contributed by atoms with Crippen molar-refractivity contribution in [3.63, 3.8) is 0 Å². The van der Waals surface area contributed by atoms with E-state index in [2.05, 4.69) is 29.6 Å². The number of β-lactam (4-membered cyclic amide) rings is 1. The molecule has 1 saturated heterocycles. The van der Waals surface area contributed by atoms with Gasteiger partial charge in [0.1, 0.15) is 0 Å². The summed E-state index contributed by atoms with van der Waals surface area (Å²) >= 11 is 0. The van der Waals surface area contributed by atoms with Crippen LogP contribution < -0.4 is 14.8 Å². The molecule has 2 aromatic rings. The number of benzene rings is 2. The third-order valence-electron chi connectivity index (χ3n) is 5.42. The number of ether oxygens (including phenoxy) is 2. The summed E-state index contributed by atoms with van der Waals surface area (Å²) in [6.45, 7) is 2.18. The fraction of sp³-hybridized carbons (Fsp3) is 0.250. The number of carbonyl (C=O) groups is 2. The van der Waals surface area contributed by atoms with E-state index in [1.165, 1.54) is 30.6 Å². The molecule has 1 atom stereocenters. The van der Waals surface area contributed by atoms with Crippen LogP contribution in [-0.4, -0.2) is 37.5 Å². The molecule has 1 aromatic heterocycles. The first-order chi connectivity index (χ1) is 15.0. The SMILES string of the molecule is COc1ccc(CN2CC(NC(C)=O)(c3ccoc3)C2=O)cc1OC.c1cc2cc-2c1. The molecule has 2 aliphatic carbocycles. The van der Waals surface area contributed by atoms with Crippen molar-refractivity contribution in [2.45, 2.75) is 19.0 Å². The second-order valence-corrected chi connectivity index (χ2v) is 7.53. The van der Waals surface area contributed by atoms with Crippen LogP contribution in [0.3, 0.4) is 0 Å². The summed E-state index contributed by atoms with van der Waals surface area (Å²) < 4.78 is 15.6. The molecule has 0 radical (unpaired) electrons. The van der Waals surface area contributed by atoms with Gasteiger partial charge in [-0.05, 0) is 41.0 Å². The lowest BCUT2D eigenvalue weighted by atomic mass is 9.82. The van der Waals surface area contributed by atoms with E-state index in [-0.39, 0.29) is 11.8 Å². The minimum Gasteiger partial charge on any atom is -0.493 e. The Morgan fingerprint density at radius 2 is 1.84 bits per heavy atom. The van der Waals surface area contributed by atoms with Gasteiger partial charge in [0.15, 0.2) is 17.0 Å². The zero-order valence-electron chi connectivity index (χ0n) is 17.7. The van der Waals surface area contributed by atoms with Gasteiger partial charge >= 0.3 is 0 Å². The summed E-state index contributed by atoms with van der Waals surface area (Å²) in [5.74, 6) is 0.808. The van der Waals surface area contributed by atoms with Crippen LogP contribution >= 0.6 is 0 Å². The molecule has 1 aromatic carbocycles. The Morgan fingerprint density at radius 1 is 1.10 bits per heavy atom. The molecule has 3 aliphatic rings. The van der Waals surface area contributed by atoms with E-state index < -0.39 is 5.54 Å². The number of fused-ring (bicyclic) bond motifs is 1. The highest BCUT2D eigenvalue weighted by molar-refractivity contribution is 5.97. The number of likely N-dealkylation sites (tertiary alicyclic amines) is 1. The van der Waals surface area contributed by atoms with Crippen molar-refractivity contribution >= 4 is 11.8 Å². The van der Waals surface area contributed by atoms with Crippen molar-refractivity contribution in [3.8, 4) is 22.6 Å². The van der Waals surface area contributed by atoms with E-state index in [0.29, 0.717) is 30.2 Å². The van der Waals surface area contributed by atoms with Crippen molar-refractivity contribution in [2.24, 2.45) is 0 Å². The van der Waals surface area contributed by atoms with E-state index in [0.717, 1.165) is 5.56 Å². The molecule has 7 heteroatoms. The lowest BCUT2D eigenvalue weighted by molar-refractivity contribution is -0.157. The summed E-state index contributed by atoms with van der Waals surface area (Å²) in [6, 6.07) is 15.7. The van der Waals surface area contributed by atoms with Crippen LogP contribution in [0.15, 0.2) is 65.5 Å². The van der Waals surface area contributed by atoms with Gasteiger partial charge in [-0.1, -0.05) is 24.3 Å². The van der Waals surface area contributed by atoms with E-state index in [1.807, 2.05) is 12.1 Å². The summed E-state index contributed by atoms with van der Waals surface area (Å²) in [6.07, 6.45) is 2.98. The number of hydrogen-bond donors (Lipinski definition) is 1. The number of nitrogens with zero attached hydrogens (tertiary/aromatic N) is 1. The normalized spacial score (nSPS) is 17.8. The monoisotopic (exact) mass is 420 g/mol. The molecule has 31 heavy (non-hydrogen) atoms. The molecule has 160 valence electrons. The van der Waals surface area contributed by atoms with Crippen LogP contribution in [-0.2, 0) is 21.7 Å². The Bertz CT molecular complexity index is 1090. The lowest BCUT2D eigenvalue weighted by Gasteiger charge is -2.48. The maximum atomic E-state index is 12.8. The number of hydrogen-bond acceptors (Lipinski definition) is 5. The van der Waals surface area contributed by atoms with Gasteiger partial charge in [0.05, 0.1) is 33.3 Å². The second kappa shape index (κ2) is 8.18. The van der Waals surface area contributed by atoms with Crippen molar-refractivity contribution in [2.75, 3.05) is 20.8 Å². The highest BCUT2D eigenvalue weighted by Crippen LogP contribution is 2.36. The van der Waals surface area contributed by atoms with Crippen LogP contribution in [0.25, 0.3) is 11.1 Å². The van der Waals surface area contributed by atoms with Crippen molar-refractivity contribution in [1.29, 1.82) is 0 Å². The number of rotatable bonds is 6. The zero-order valence-corrected chi connectivity index (χ0v) is 17.7. The molecule has 1 fully saturated rings. The second-order valence-electron chi connectivity index (χ2n) is 7.53. The average Bonchev–Trinajstić information content (AvgIpc) is 3.14. The Balaban J connectivity index is 0.000000325. The number of carbonyl (C=O) groups excluding carboxylic acids is 2. The molecule has 1 aliphatic heterocycles. The topological polar surface area (TPSA) is 81.0 Å². The maximum Gasteiger partial charge on any atom is 0.255 e. The summed E-state index contributed by atoms with van der Waals surface area (Å²) in [4.78, 5) is 26.1. The Kier molecular flexibility index (Phi) is 5.42. The summed E-state index contributed by atoms with van der Waals surface area (Å²) in [5, 5.41) is 2.77. The van der Waals surface area contributed by atoms with Crippen LogP contribution in [0.5, 0.6) is 11.5 Å². The smallest absolute Gasteiger partial charge is 0.255 e. The summed E-state index contributed by atoms with van der Waals surface area (Å²) in [5.41, 5.74) is 3.37. The van der Waals surface area contributed by atoms with Crippen molar-refractivity contribution in [1.82, 2.24) is 10.2 Å². The van der Waals surface area contributed by atoms with Gasteiger partial charge in [0.2, 0.25) is 5.91 Å². The van der Waals surface area contributed by atoms with Gasteiger partial charge in [-0.3, -0.25) is 9.59 Å². The average molecular weight is 420 g/mol. The largest absolute Gasteiger partial charge is 0.493 e. The predicted octanol–water partition coefficient (Wildman–Crippen LogP) is 3.34. The van der Waals surface area contributed by atoms with Gasteiger partial charge in [-0.2, -0.15) is 0 Å². The van der Waals surface area contributed by atoms with E-state index in [9.17, 15) is 9.59 Å². The van der Waals surface area contributed by atoms with Crippen molar-refractivity contribution < 1.29 is 23.5 Å². The first-order valence-electron chi connectivity index (χ1n) is 9.89. The molecular weight excluding hydrogens is 396 g/mol. The maximum absolute atomic E-state index is 12.8. The standard InChI is InChI=1S/C18H20N2O5.C6H4/c1-12(21)19-18(14-6-7-25-10-14)11-20(17(18)22)9-13-4-5-15(23-2)16(8-13)24-3;1-2-5-4-6(5)3-1/h4-8,10H,9,11H2,1-3H3,(H,19,21);1-4H. The van der Waals surface area contributed by atoms with E-state index in [4.69, 9.17) is 13.9 Å². The minimum absolute atomic E-state index is 0.168. The molecule has 1 unspecified atom stereocenters. The molecule has 1 N–H and O–H groups in total. The fourth-order valence-electron chi connectivity index (χ4n) is 3.79. The van der Waals surface area contributed by atoms with Gasteiger partial charge in [0, 0.05) is 19.0 Å². The Hall–Kier alpha value is -3.74. The van der Waals surface area contributed by atoms with Crippen LogP contribution in [0.1, 0.15) is 18.1 Å². The Morgan fingerprint density at radius 3 is 2.32 bits per heavy atom. The highest BCUT2D eigenvalue weighted by Gasteiger charge is 2.54. The quantitative estimate of drug-likeness (QED) is 0.484. The lowest BCUT2D eigenvalue weighted by Crippen LogP contribution is -2.71. The number of amides is 2. The molecule has 0 saturated carbocycles. The van der Waals surface area contributed by atoms with E-state index >= 15 is 0 Å². The highest BCUT2D eigenvalue weighted by atomic mass is 16.5. The molecule has 7 nitrogen and oxygen atoms in total. The molecule has 0 spiro atoms. The van der Waals surface area contributed by atoms with Gasteiger partial charge in [0.25, 0.3) is 5.91 Å². The molecule has 5 rings (SSSR count). The Labute approximate surface area is 180 Å². The third-order valence-corrected chi connectivity index (χ3v) is 5.42. The fourth-order valence-corrected chi connectivity index (χ4v) is 3.79. The summed E-state index contributed by atoms with van der Waals surface area (Å²) in [7, 11) is 3.14. The molecule has 2 amide bonds. The molecular formula is C24H24N2O5. The first-order valence-corrected chi connectivity index (χ1v) is 9.89. The predicted molar refractivity (Wildman–Crippen MR) is 115 cm³/mol. The third kappa shape index (κ3) is 3.99. The minimum atomic E-state index is -1.05. The number of furan rings is 1. The van der Waals surface area contributed by atoms with Gasteiger partial charge in [-0.15, -0.1) is 0 Å². The molecule has 2 heterocycles. The number of methoxy groups -OCH3 is 2. The van der Waals surface area contributed by atoms with Crippen molar-refractivity contribution in [3.05, 3.63) is 72.2 Å².